The van der Waals surface area contributed by atoms with Crippen molar-refractivity contribution in [1.29, 1.82) is 0 Å². The number of rotatable bonds is 4. The minimum absolute atomic E-state index is 0.0520. The average molecular weight is 267 g/mol. The zero-order chi connectivity index (χ0) is 13.1. The number of hydrogen-bond donors (Lipinski definition) is 1. The second-order valence-corrected chi connectivity index (χ2v) is 5.33. The third-order valence-electron chi connectivity index (χ3n) is 3.06. The van der Waals surface area contributed by atoms with E-state index in [2.05, 4.69) is 5.32 Å². The van der Waals surface area contributed by atoms with Crippen LogP contribution in [0.4, 0.5) is 8.78 Å². The predicted molar refractivity (Wildman–Crippen MR) is 70.9 cm³/mol. The molecule has 2 aromatic rings. The number of benzene rings is 1. The van der Waals surface area contributed by atoms with Gasteiger partial charge in [-0.05, 0) is 49.0 Å². The molecule has 1 N–H and O–H groups in total. The molecule has 2 rings (SSSR count). The Bertz CT molecular complexity index is 536. The van der Waals surface area contributed by atoms with Gasteiger partial charge in [-0.1, -0.05) is 6.07 Å². The van der Waals surface area contributed by atoms with Crippen molar-refractivity contribution >= 4 is 11.3 Å². The molecule has 96 valence electrons. The van der Waals surface area contributed by atoms with E-state index in [4.69, 9.17) is 0 Å². The molecule has 1 atom stereocenters. The number of nitrogens with one attached hydrogen (secondary N) is 1. The zero-order valence-electron chi connectivity index (χ0n) is 10.3. The maximum absolute atomic E-state index is 13.6. The van der Waals surface area contributed by atoms with E-state index < -0.39 is 11.6 Å². The van der Waals surface area contributed by atoms with Gasteiger partial charge in [-0.15, -0.1) is 11.3 Å². The molecule has 0 aliphatic rings. The lowest BCUT2D eigenvalue weighted by Gasteiger charge is -2.17. The summed E-state index contributed by atoms with van der Waals surface area (Å²) in [6.07, 6.45) is 0.514. The van der Waals surface area contributed by atoms with Gasteiger partial charge in [0.15, 0.2) is 0 Å². The van der Waals surface area contributed by atoms with Gasteiger partial charge in [0.05, 0.1) is 0 Å². The summed E-state index contributed by atoms with van der Waals surface area (Å²) < 4.78 is 26.5. The second-order valence-electron chi connectivity index (χ2n) is 4.21. The van der Waals surface area contributed by atoms with Crippen LogP contribution in [0.2, 0.25) is 0 Å². The minimum atomic E-state index is -0.538. The third-order valence-corrected chi connectivity index (χ3v) is 3.92. The van der Waals surface area contributed by atoms with Crippen LogP contribution in [0.1, 0.15) is 22.0 Å². The summed E-state index contributed by atoms with van der Waals surface area (Å²) in [6.45, 7) is 2.05. The van der Waals surface area contributed by atoms with E-state index in [0.717, 1.165) is 6.07 Å². The van der Waals surface area contributed by atoms with Crippen molar-refractivity contribution in [2.75, 3.05) is 7.05 Å². The van der Waals surface area contributed by atoms with Crippen LogP contribution < -0.4 is 5.32 Å². The SMILES string of the molecule is CNC(Cc1ccc(F)cc1F)c1ccsc1C. The summed E-state index contributed by atoms with van der Waals surface area (Å²) in [4.78, 5) is 1.22. The number of hydrogen-bond acceptors (Lipinski definition) is 2. The molecular formula is C14H15F2NS. The Morgan fingerprint density at radius 2 is 2.06 bits per heavy atom. The van der Waals surface area contributed by atoms with Crippen LogP contribution in [-0.4, -0.2) is 7.05 Å². The molecular weight excluding hydrogens is 252 g/mol. The Balaban J connectivity index is 2.23. The van der Waals surface area contributed by atoms with Gasteiger partial charge >= 0.3 is 0 Å². The van der Waals surface area contributed by atoms with Crippen LogP contribution in [0, 0.1) is 18.6 Å². The van der Waals surface area contributed by atoms with Gasteiger partial charge in [0.2, 0.25) is 0 Å². The van der Waals surface area contributed by atoms with Crippen molar-refractivity contribution in [2.24, 2.45) is 0 Å². The van der Waals surface area contributed by atoms with Crippen LogP contribution >= 0.6 is 11.3 Å². The number of likely N-dealkylation sites (N-methyl/N-ethyl adjacent to an activating group) is 1. The Hall–Kier alpha value is -1.26. The van der Waals surface area contributed by atoms with Gasteiger partial charge in [-0.3, -0.25) is 0 Å². The molecule has 0 aliphatic carbocycles. The van der Waals surface area contributed by atoms with Crippen LogP contribution in [0.5, 0.6) is 0 Å². The van der Waals surface area contributed by atoms with Crippen molar-refractivity contribution in [3.8, 4) is 0 Å². The highest BCUT2D eigenvalue weighted by Gasteiger charge is 2.15. The summed E-state index contributed by atoms with van der Waals surface area (Å²) in [6, 6.07) is 5.84. The fourth-order valence-corrected chi connectivity index (χ4v) is 2.80. The Morgan fingerprint density at radius 3 is 2.61 bits per heavy atom. The van der Waals surface area contributed by atoms with Gasteiger partial charge in [0.1, 0.15) is 11.6 Å². The van der Waals surface area contributed by atoms with Crippen molar-refractivity contribution in [3.05, 3.63) is 57.3 Å². The third kappa shape index (κ3) is 2.76. The minimum Gasteiger partial charge on any atom is -0.313 e. The van der Waals surface area contributed by atoms with E-state index in [1.165, 1.54) is 22.6 Å². The molecule has 0 aliphatic heterocycles. The van der Waals surface area contributed by atoms with Crippen molar-refractivity contribution in [1.82, 2.24) is 5.32 Å². The van der Waals surface area contributed by atoms with Crippen LogP contribution in [0.15, 0.2) is 29.6 Å². The lowest BCUT2D eigenvalue weighted by atomic mass is 9.99. The molecule has 1 aromatic heterocycles. The van der Waals surface area contributed by atoms with E-state index in [9.17, 15) is 8.78 Å². The van der Waals surface area contributed by atoms with E-state index >= 15 is 0 Å². The van der Waals surface area contributed by atoms with E-state index in [0.29, 0.717) is 12.0 Å². The van der Waals surface area contributed by atoms with Crippen LogP contribution in [-0.2, 0) is 6.42 Å². The molecule has 0 fully saturated rings. The smallest absolute Gasteiger partial charge is 0.129 e. The van der Waals surface area contributed by atoms with E-state index in [-0.39, 0.29) is 6.04 Å². The molecule has 1 aromatic carbocycles. The number of aryl methyl sites for hydroxylation is 1. The summed E-state index contributed by atoms with van der Waals surface area (Å²) in [5.41, 5.74) is 1.70. The summed E-state index contributed by atoms with van der Waals surface area (Å²) in [7, 11) is 1.85. The molecule has 4 heteroatoms. The maximum Gasteiger partial charge on any atom is 0.129 e. The Labute approximate surface area is 109 Å². The fourth-order valence-electron chi connectivity index (χ4n) is 2.03. The highest BCUT2D eigenvalue weighted by atomic mass is 32.1. The monoisotopic (exact) mass is 267 g/mol. The van der Waals surface area contributed by atoms with Crippen LogP contribution in [0.25, 0.3) is 0 Å². The van der Waals surface area contributed by atoms with Gasteiger partial charge in [0.25, 0.3) is 0 Å². The van der Waals surface area contributed by atoms with Gasteiger partial charge < -0.3 is 5.32 Å². The standard InChI is InChI=1S/C14H15F2NS/c1-9-12(5-6-18-9)14(17-2)7-10-3-4-11(15)8-13(10)16/h3-6,8,14,17H,7H2,1-2H3. The van der Waals surface area contributed by atoms with Crippen molar-refractivity contribution < 1.29 is 8.78 Å². The molecule has 0 radical (unpaired) electrons. The number of thiophene rings is 1. The molecule has 0 saturated heterocycles. The molecule has 18 heavy (non-hydrogen) atoms. The average Bonchev–Trinajstić information content (AvgIpc) is 2.75. The highest BCUT2D eigenvalue weighted by Crippen LogP contribution is 2.26. The second kappa shape index (κ2) is 5.59. The molecule has 1 nitrogen and oxygen atoms in total. The van der Waals surface area contributed by atoms with Crippen LogP contribution in [0.3, 0.4) is 0 Å². The molecule has 0 amide bonds. The normalized spacial score (nSPS) is 12.7. The first kappa shape index (κ1) is 13.2. The Kier molecular flexibility index (Phi) is 4.09. The highest BCUT2D eigenvalue weighted by molar-refractivity contribution is 7.10. The molecule has 0 bridgehead atoms. The molecule has 0 spiro atoms. The molecule has 1 heterocycles. The maximum atomic E-state index is 13.6. The van der Waals surface area contributed by atoms with E-state index in [1.807, 2.05) is 25.4 Å². The molecule has 0 saturated carbocycles. The van der Waals surface area contributed by atoms with Crippen molar-refractivity contribution in [2.45, 2.75) is 19.4 Å². The van der Waals surface area contributed by atoms with Crippen molar-refractivity contribution in [3.63, 3.8) is 0 Å². The quantitative estimate of drug-likeness (QED) is 0.887. The zero-order valence-corrected chi connectivity index (χ0v) is 11.2. The Morgan fingerprint density at radius 1 is 1.28 bits per heavy atom. The van der Waals surface area contributed by atoms with E-state index in [1.54, 1.807) is 11.3 Å². The number of halogens is 2. The first-order chi connectivity index (χ1) is 8.61. The largest absolute Gasteiger partial charge is 0.313 e. The predicted octanol–water partition coefficient (Wildman–Crippen LogP) is 3.84. The lowest BCUT2D eigenvalue weighted by molar-refractivity contribution is 0.540. The lowest BCUT2D eigenvalue weighted by Crippen LogP contribution is -2.19. The van der Waals surface area contributed by atoms with Gasteiger partial charge in [-0.25, -0.2) is 8.78 Å². The summed E-state index contributed by atoms with van der Waals surface area (Å²) in [5, 5.41) is 5.21. The topological polar surface area (TPSA) is 12.0 Å². The first-order valence-corrected chi connectivity index (χ1v) is 6.65. The van der Waals surface area contributed by atoms with Gasteiger partial charge in [-0.2, -0.15) is 0 Å². The molecule has 1 unspecified atom stereocenters. The fraction of sp³-hybridized carbons (Fsp3) is 0.286. The first-order valence-electron chi connectivity index (χ1n) is 5.77. The summed E-state index contributed by atoms with van der Waals surface area (Å²) in [5.74, 6) is -1.02. The summed E-state index contributed by atoms with van der Waals surface area (Å²) >= 11 is 1.67. The van der Waals surface area contributed by atoms with Gasteiger partial charge in [0, 0.05) is 17.0 Å².